The zero-order valence-corrected chi connectivity index (χ0v) is 37.8. The number of aromatic nitrogens is 2. The van der Waals surface area contributed by atoms with Crippen LogP contribution in [0, 0.1) is 11.8 Å². The summed E-state index contributed by atoms with van der Waals surface area (Å²) in [5.74, 6) is 0.414. The Balaban J connectivity index is 0.00000147. The van der Waals surface area contributed by atoms with Crippen LogP contribution in [-0.2, 0) is 33.4 Å². The van der Waals surface area contributed by atoms with Crippen LogP contribution in [0.25, 0.3) is 33.5 Å². The second kappa shape index (κ2) is 20.2. The highest BCUT2D eigenvalue weighted by Gasteiger charge is 2.42. The van der Waals surface area contributed by atoms with Crippen LogP contribution in [0.2, 0.25) is 0 Å². The lowest BCUT2D eigenvalue weighted by Crippen LogP contribution is -2.54. The van der Waals surface area contributed by atoms with E-state index in [0.29, 0.717) is 31.5 Å². The molecule has 0 spiro atoms. The predicted octanol–water partition coefficient (Wildman–Crippen LogP) is 7.32. The van der Waals surface area contributed by atoms with E-state index in [0.717, 1.165) is 71.6 Å². The Morgan fingerprint density at radius 1 is 0.797 bits per heavy atom. The molecule has 5 heterocycles. The van der Waals surface area contributed by atoms with Crippen molar-refractivity contribution in [1.29, 1.82) is 0 Å². The van der Waals surface area contributed by atoms with E-state index in [1.54, 1.807) is 4.90 Å². The average molecular weight is 876 g/mol. The number of likely N-dealkylation sites (tertiary alicyclic amines) is 2. The van der Waals surface area contributed by atoms with E-state index in [9.17, 15) is 19.2 Å². The Kier molecular flexibility index (Phi) is 14.5. The topological polar surface area (TPSA) is 184 Å². The van der Waals surface area contributed by atoms with Crippen LogP contribution >= 0.6 is 0 Å². The van der Waals surface area contributed by atoms with Gasteiger partial charge in [0.05, 0.1) is 50.4 Å². The van der Waals surface area contributed by atoms with Crippen molar-refractivity contribution in [1.82, 2.24) is 30.4 Å². The lowest BCUT2D eigenvalue weighted by atomic mass is 9.81. The number of ether oxygens (including phenoxy) is 3. The molecule has 340 valence electrons. The molecule has 2 bridgehead atoms. The number of rotatable bonds is 13. The Morgan fingerprint density at radius 3 is 2.03 bits per heavy atom. The fourth-order valence-electron chi connectivity index (χ4n) is 9.78. The molecule has 4 N–H and O–H groups in total. The molecule has 1 aromatic heterocycles. The number of nitrogens with one attached hydrogen (secondary N) is 4. The number of carbonyl (C=O) groups excluding carboxylic acids is 5. The third-order valence-electron chi connectivity index (χ3n) is 12.9. The fraction of sp³-hybridized carbons (Fsp3) is 0.469. The van der Waals surface area contributed by atoms with E-state index in [4.69, 9.17) is 19.3 Å². The largest absolute Gasteiger partial charge is 0.471 e. The van der Waals surface area contributed by atoms with Crippen LogP contribution < -0.4 is 16.0 Å². The molecule has 0 aliphatic carbocycles. The summed E-state index contributed by atoms with van der Waals surface area (Å²) in [6, 6.07) is 19.0. The standard InChI is InChI=1S/C47H57N7O6.C2H4O2/c1-26(2)41(48-5)45(56)53-22-8-12-35(53)43-49-25-34(51-43)29-16-14-28(15-17-29)32-18-19-33(40-38-21-20-37(60-38)39(32)40)30-10-7-11-31(24-30)50-44(55)36-13-9-23-54(36)46(57)42(27(3)4)52-47(58)59-6;1-4-2-3/h7,10-11,14-19,24-27,35-38,41-42,48H,8-9,12-13,20-23H2,1-6H3,(H,49,51)(H,50,55)(H,52,58);2H,1H3. The molecule has 8 rings (SSSR count). The molecule has 4 amide bonds. The SMILES string of the molecule is CNC(C(=O)N1CCCC1c1ncc(-c2ccc(-c3ccc(-c4cccc(NC(=O)C5CCCN5C(=O)C(NC(=O)OC)C(C)C)c4)c4c3C3CCC4O3)cc2)[nH]1)C(C)C.COC=O. The van der Waals surface area contributed by atoms with Gasteiger partial charge in [0.1, 0.15) is 17.9 Å². The first-order valence-corrected chi connectivity index (χ1v) is 22.4. The van der Waals surface area contributed by atoms with Crippen molar-refractivity contribution < 1.29 is 38.2 Å². The monoisotopic (exact) mass is 875 g/mol. The highest BCUT2D eigenvalue weighted by molar-refractivity contribution is 5.99. The molecule has 6 atom stereocenters. The number of nitrogens with zero attached hydrogens (tertiary/aromatic N) is 3. The van der Waals surface area contributed by atoms with Crippen LogP contribution in [0.5, 0.6) is 0 Å². The molecule has 15 heteroatoms. The summed E-state index contributed by atoms with van der Waals surface area (Å²) < 4.78 is 15.2. The van der Waals surface area contributed by atoms with Crippen molar-refractivity contribution in [3.05, 3.63) is 83.8 Å². The van der Waals surface area contributed by atoms with E-state index >= 15 is 0 Å². The molecular formula is C49H61N7O8. The lowest BCUT2D eigenvalue weighted by Gasteiger charge is -2.30. The minimum Gasteiger partial charge on any atom is -0.471 e. The predicted molar refractivity (Wildman–Crippen MR) is 243 cm³/mol. The van der Waals surface area contributed by atoms with E-state index in [1.807, 2.05) is 50.2 Å². The Labute approximate surface area is 375 Å². The maximum absolute atomic E-state index is 13.7. The van der Waals surface area contributed by atoms with Gasteiger partial charge in [0.2, 0.25) is 17.7 Å². The highest BCUT2D eigenvalue weighted by atomic mass is 16.5. The maximum Gasteiger partial charge on any atom is 0.407 e. The van der Waals surface area contributed by atoms with Gasteiger partial charge in [0.25, 0.3) is 6.47 Å². The van der Waals surface area contributed by atoms with Gasteiger partial charge in [0, 0.05) is 18.8 Å². The summed E-state index contributed by atoms with van der Waals surface area (Å²) in [5.41, 5.74) is 9.34. The molecule has 0 radical (unpaired) electrons. The highest BCUT2D eigenvalue weighted by Crippen LogP contribution is 2.56. The zero-order chi connectivity index (χ0) is 45.7. The quantitative estimate of drug-likeness (QED) is 0.0993. The molecule has 3 saturated heterocycles. The number of likely N-dealkylation sites (N-methyl/N-ethyl adjacent to an activating group) is 1. The van der Waals surface area contributed by atoms with E-state index in [-0.39, 0.29) is 53.8 Å². The van der Waals surface area contributed by atoms with Gasteiger partial charge in [-0.05, 0) is 108 Å². The third-order valence-corrected chi connectivity index (χ3v) is 12.9. The van der Waals surface area contributed by atoms with Gasteiger partial charge in [-0.15, -0.1) is 0 Å². The molecular weight excluding hydrogens is 815 g/mol. The summed E-state index contributed by atoms with van der Waals surface area (Å²) in [6.07, 6.45) is 6.20. The van der Waals surface area contributed by atoms with E-state index in [1.165, 1.54) is 25.3 Å². The number of methoxy groups -OCH3 is 2. The second-order valence-electron chi connectivity index (χ2n) is 17.6. The first kappa shape index (κ1) is 45.9. The van der Waals surface area contributed by atoms with Crippen molar-refractivity contribution in [2.24, 2.45) is 11.8 Å². The minimum absolute atomic E-state index is 0.00240. The number of hydrogen-bond acceptors (Lipinski definition) is 10. The summed E-state index contributed by atoms with van der Waals surface area (Å²) in [4.78, 5) is 73.6. The van der Waals surface area contributed by atoms with E-state index < -0.39 is 18.2 Å². The van der Waals surface area contributed by atoms with E-state index in [2.05, 4.69) is 82.0 Å². The van der Waals surface area contributed by atoms with Gasteiger partial charge in [-0.25, -0.2) is 9.78 Å². The average Bonchev–Trinajstić information content (AvgIpc) is 4.17. The molecule has 3 fully saturated rings. The number of fused-ring (bicyclic) bond motifs is 5. The van der Waals surface area contributed by atoms with Crippen LogP contribution in [0.15, 0.2) is 66.9 Å². The summed E-state index contributed by atoms with van der Waals surface area (Å²) in [5, 5.41) is 8.93. The number of benzene rings is 3. The normalized spacial score (nSPS) is 20.6. The van der Waals surface area contributed by atoms with Gasteiger partial charge >= 0.3 is 6.09 Å². The van der Waals surface area contributed by atoms with Gasteiger partial charge in [0.15, 0.2) is 0 Å². The molecule has 6 unspecified atom stereocenters. The van der Waals surface area contributed by atoms with Crippen LogP contribution in [0.1, 0.15) is 101 Å². The minimum atomic E-state index is -0.798. The first-order chi connectivity index (χ1) is 30.9. The third kappa shape index (κ3) is 9.41. The van der Waals surface area contributed by atoms with Crippen LogP contribution in [0.4, 0.5) is 10.5 Å². The molecule has 3 aromatic carbocycles. The number of hydrogen-bond donors (Lipinski definition) is 4. The van der Waals surface area contributed by atoms with Gasteiger partial charge in [-0.1, -0.05) is 76.2 Å². The first-order valence-electron chi connectivity index (χ1n) is 22.4. The molecule has 15 nitrogen and oxygen atoms in total. The number of alkyl carbamates (subject to hydrolysis) is 1. The summed E-state index contributed by atoms with van der Waals surface area (Å²) in [6.45, 7) is 9.39. The van der Waals surface area contributed by atoms with Gasteiger partial charge in [-0.2, -0.15) is 0 Å². The van der Waals surface area contributed by atoms with Crippen molar-refractivity contribution in [2.75, 3.05) is 39.7 Å². The molecule has 64 heavy (non-hydrogen) atoms. The molecule has 4 aromatic rings. The number of imidazole rings is 1. The molecule has 4 aliphatic rings. The molecule has 4 aliphatic heterocycles. The van der Waals surface area contributed by atoms with Crippen molar-refractivity contribution >= 4 is 36.0 Å². The second-order valence-corrected chi connectivity index (χ2v) is 17.6. The number of amides is 4. The van der Waals surface area contributed by atoms with Gasteiger partial charge in [-0.3, -0.25) is 19.2 Å². The number of anilines is 1. The van der Waals surface area contributed by atoms with Crippen LogP contribution in [-0.4, -0.2) is 103 Å². The smallest absolute Gasteiger partial charge is 0.407 e. The Hall–Kier alpha value is -6.06. The summed E-state index contributed by atoms with van der Waals surface area (Å²) in [7, 11) is 4.42. The van der Waals surface area contributed by atoms with Crippen molar-refractivity contribution in [3.8, 4) is 33.5 Å². The molecule has 0 saturated carbocycles. The summed E-state index contributed by atoms with van der Waals surface area (Å²) >= 11 is 0. The van der Waals surface area contributed by atoms with Crippen LogP contribution in [0.3, 0.4) is 0 Å². The van der Waals surface area contributed by atoms with Crippen molar-refractivity contribution in [3.63, 3.8) is 0 Å². The van der Waals surface area contributed by atoms with Gasteiger partial charge < -0.3 is 44.9 Å². The number of aromatic amines is 1. The zero-order valence-electron chi connectivity index (χ0n) is 37.8. The number of H-pyrrole nitrogens is 1. The Morgan fingerprint density at radius 2 is 1.41 bits per heavy atom. The lowest BCUT2D eigenvalue weighted by molar-refractivity contribution is -0.139. The van der Waals surface area contributed by atoms with Crippen molar-refractivity contribution in [2.45, 2.75) is 103 Å². The fourth-order valence-corrected chi connectivity index (χ4v) is 9.78. The Bertz CT molecular complexity index is 2330. The maximum atomic E-state index is 13.7. The number of carbonyl (C=O) groups is 5.